The lowest BCUT2D eigenvalue weighted by molar-refractivity contribution is 0.262. The number of hydrogen-bond acceptors (Lipinski definition) is 2. The van der Waals surface area contributed by atoms with E-state index < -0.39 is 0 Å². The molecule has 1 aliphatic rings. The van der Waals surface area contributed by atoms with Crippen LogP contribution in [0.4, 0.5) is 4.39 Å². The lowest BCUT2D eigenvalue weighted by Gasteiger charge is -2.14. The summed E-state index contributed by atoms with van der Waals surface area (Å²) in [6, 6.07) is 4.60. The molecular weight excluding hydrogens is 289 g/mol. The zero-order valence-electron chi connectivity index (χ0n) is 12.2. The van der Waals surface area contributed by atoms with Gasteiger partial charge in [-0.3, -0.25) is 0 Å². The van der Waals surface area contributed by atoms with Crippen molar-refractivity contribution in [2.24, 2.45) is 0 Å². The lowest BCUT2D eigenvalue weighted by Crippen LogP contribution is -2.21. The van der Waals surface area contributed by atoms with Gasteiger partial charge < -0.3 is 9.64 Å². The highest BCUT2D eigenvalue weighted by molar-refractivity contribution is 6.18. The van der Waals surface area contributed by atoms with Crippen LogP contribution in [0.3, 0.4) is 0 Å². The number of alkyl halides is 1. The number of ether oxygens (including phenoxy) is 1. The summed E-state index contributed by atoms with van der Waals surface area (Å²) in [6.07, 6.45) is 4.16. The first kappa shape index (κ1) is 16.1. The van der Waals surface area contributed by atoms with Crippen LogP contribution in [0.25, 0.3) is 0 Å². The molecule has 1 aromatic rings. The second kappa shape index (κ2) is 8.92. The van der Waals surface area contributed by atoms with Crippen LogP contribution in [0.5, 0.6) is 5.75 Å². The highest BCUT2D eigenvalue weighted by Crippen LogP contribution is 2.16. The Bertz CT molecular complexity index is 503. The normalized spacial score (nSPS) is 14.8. The molecule has 0 unspecified atom stereocenters. The van der Waals surface area contributed by atoms with Crippen LogP contribution >= 0.6 is 11.6 Å². The summed E-state index contributed by atoms with van der Waals surface area (Å²) >= 11 is 5.56. The Labute approximate surface area is 131 Å². The molecule has 2 nitrogen and oxygen atoms in total. The molecule has 0 atom stereocenters. The maximum absolute atomic E-state index is 13.5. The molecule has 0 radical (unpaired) electrons. The molecule has 0 aliphatic carbocycles. The van der Waals surface area contributed by atoms with Gasteiger partial charge in [0.15, 0.2) is 0 Å². The Kier molecular flexibility index (Phi) is 6.85. The summed E-state index contributed by atoms with van der Waals surface area (Å²) in [5, 5.41) is 0. The van der Waals surface area contributed by atoms with E-state index in [1.165, 1.54) is 38.1 Å². The predicted octanol–water partition coefficient (Wildman–Crippen LogP) is 3.67. The summed E-state index contributed by atoms with van der Waals surface area (Å²) in [5.74, 6) is 6.52. The van der Waals surface area contributed by atoms with E-state index in [1.807, 2.05) is 0 Å². The Morgan fingerprint density at radius 2 is 2.05 bits per heavy atom. The van der Waals surface area contributed by atoms with Gasteiger partial charge >= 0.3 is 0 Å². The van der Waals surface area contributed by atoms with Gasteiger partial charge in [-0.25, -0.2) is 4.39 Å². The molecule has 1 heterocycles. The first-order valence-electron chi connectivity index (χ1n) is 7.48. The van der Waals surface area contributed by atoms with Crippen LogP contribution in [0.2, 0.25) is 0 Å². The minimum absolute atomic E-state index is 0.317. The number of nitrogens with zero attached hydrogens (tertiary/aromatic N) is 1. The molecule has 1 fully saturated rings. The monoisotopic (exact) mass is 309 g/mol. The fourth-order valence-electron chi connectivity index (χ4n) is 2.41. The first-order chi connectivity index (χ1) is 10.3. The zero-order valence-corrected chi connectivity index (χ0v) is 13.0. The fourth-order valence-corrected chi connectivity index (χ4v) is 2.51. The van der Waals surface area contributed by atoms with Crippen LogP contribution < -0.4 is 4.74 Å². The molecule has 2 rings (SSSR count). The van der Waals surface area contributed by atoms with Gasteiger partial charge in [-0.15, -0.1) is 11.6 Å². The summed E-state index contributed by atoms with van der Waals surface area (Å²) in [5.41, 5.74) is 0.634. The second-order valence-corrected chi connectivity index (χ2v) is 5.55. The Hall–Kier alpha value is -1.24. The third-order valence-corrected chi connectivity index (χ3v) is 3.60. The standard InChI is InChI=1S/C17H21ClFNO/c18-7-2-1-6-15-12-16(19)14-17(13-15)21-11-5-10-20-8-3-4-9-20/h12-14H,2-5,7-11H2. The topological polar surface area (TPSA) is 12.5 Å². The van der Waals surface area contributed by atoms with Gasteiger partial charge in [-0.2, -0.15) is 0 Å². The molecule has 0 amide bonds. The van der Waals surface area contributed by atoms with Crippen molar-refractivity contribution in [3.05, 3.63) is 29.6 Å². The van der Waals surface area contributed by atoms with Crippen LogP contribution in [0.15, 0.2) is 18.2 Å². The third kappa shape index (κ3) is 5.95. The highest BCUT2D eigenvalue weighted by atomic mass is 35.5. The van der Waals surface area contributed by atoms with Crippen LogP contribution in [-0.2, 0) is 0 Å². The van der Waals surface area contributed by atoms with Crippen molar-refractivity contribution in [3.8, 4) is 17.6 Å². The molecule has 0 aromatic heterocycles. The minimum atomic E-state index is -0.317. The van der Waals surface area contributed by atoms with E-state index in [2.05, 4.69) is 16.7 Å². The van der Waals surface area contributed by atoms with E-state index >= 15 is 0 Å². The van der Waals surface area contributed by atoms with E-state index in [4.69, 9.17) is 16.3 Å². The summed E-state index contributed by atoms with van der Waals surface area (Å²) < 4.78 is 19.1. The van der Waals surface area contributed by atoms with E-state index in [1.54, 1.807) is 6.07 Å². The van der Waals surface area contributed by atoms with Gasteiger partial charge in [0, 0.05) is 30.5 Å². The summed E-state index contributed by atoms with van der Waals surface area (Å²) in [7, 11) is 0. The Morgan fingerprint density at radius 3 is 2.81 bits per heavy atom. The lowest BCUT2D eigenvalue weighted by atomic mass is 10.2. The Balaban J connectivity index is 1.80. The Morgan fingerprint density at radius 1 is 1.24 bits per heavy atom. The number of benzene rings is 1. The quantitative estimate of drug-likeness (QED) is 0.451. The van der Waals surface area contributed by atoms with E-state index in [9.17, 15) is 4.39 Å². The fraction of sp³-hybridized carbons (Fsp3) is 0.529. The maximum atomic E-state index is 13.5. The molecule has 1 saturated heterocycles. The molecular formula is C17H21ClFNO. The molecule has 1 aromatic carbocycles. The van der Waals surface area contributed by atoms with E-state index in [-0.39, 0.29) is 5.82 Å². The minimum Gasteiger partial charge on any atom is -0.493 e. The van der Waals surface area contributed by atoms with Gasteiger partial charge in [-0.05, 0) is 44.5 Å². The molecule has 21 heavy (non-hydrogen) atoms. The van der Waals surface area contributed by atoms with Crippen molar-refractivity contribution in [3.63, 3.8) is 0 Å². The number of halogens is 2. The largest absolute Gasteiger partial charge is 0.493 e. The van der Waals surface area contributed by atoms with Gasteiger partial charge in [0.25, 0.3) is 0 Å². The van der Waals surface area contributed by atoms with Crippen molar-refractivity contribution in [1.82, 2.24) is 4.90 Å². The van der Waals surface area contributed by atoms with Gasteiger partial charge in [0.1, 0.15) is 11.6 Å². The van der Waals surface area contributed by atoms with Crippen molar-refractivity contribution in [1.29, 1.82) is 0 Å². The van der Waals surface area contributed by atoms with Crippen LogP contribution in [0.1, 0.15) is 31.2 Å². The molecule has 1 aliphatic heterocycles. The third-order valence-electron chi connectivity index (χ3n) is 3.41. The van der Waals surface area contributed by atoms with Gasteiger partial charge in [0.05, 0.1) is 6.61 Å². The SMILES string of the molecule is Fc1cc(C#CCCCl)cc(OCCCN2CCCC2)c1. The molecule has 0 saturated carbocycles. The summed E-state index contributed by atoms with van der Waals surface area (Å²) in [6.45, 7) is 4.05. The first-order valence-corrected chi connectivity index (χ1v) is 8.02. The number of hydrogen-bond donors (Lipinski definition) is 0. The second-order valence-electron chi connectivity index (χ2n) is 5.17. The number of likely N-dealkylation sites (tertiary alicyclic amines) is 1. The van der Waals surface area contributed by atoms with E-state index in [0.717, 1.165) is 13.0 Å². The summed E-state index contributed by atoms with van der Waals surface area (Å²) in [4.78, 5) is 2.44. The highest BCUT2D eigenvalue weighted by Gasteiger charge is 2.10. The maximum Gasteiger partial charge on any atom is 0.128 e. The zero-order chi connectivity index (χ0) is 14.9. The van der Waals surface area contributed by atoms with E-state index in [0.29, 0.717) is 30.2 Å². The molecule has 0 N–H and O–H groups in total. The van der Waals surface area contributed by atoms with Gasteiger partial charge in [0.2, 0.25) is 0 Å². The van der Waals surface area contributed by atoms with Crippen molar-refractivity contribution in [2.75, 3.05) is 32.1 Å². The van der Waals surface area contributed by atoms with Crippen molar-refractivity contribution >= 4 is 11.6 Å². The van der Waals surface area contributed by atoms with Crippen molar-refractivity contribution in [2.45, 2.75) is 25.7 Å². The molecule has 4 heteroatoms. The van der Waals surface area contributed by atoms with Crippen molar-refractivity contribution < 1.29 is 9.13 Å². The van der Waals surface area contributed by atoms with Crippen LogP contribution in [0, 0.1) is 17.7 Å². The molecule has 0 spiro atoms. The molecule has 114 valence electrons. The van der Waals surface area contributed by atoms with Gasteiger partial charge in [-0.1, -0.05) is 11.8 Å². The smallest absolute Gasteiger partial charge is 0.128 e. The molecule has 0 bridgehead atoms. The predicted molar refractivity (Wildman–Crippen MR) is 84.4 cm³/mol. The average Bonchev–Trinajstić information content (AvgIpc) is 2.97. The average molecular weight is 310 g/mol. The van der Waals surface area contributed by atoms with Crippen LogP contribution in [-0.4, -0.2) is 37.0 Å². The number of rotatable bonds is 6.